The van der Waals surface area contributed by atoms with Gasteiger partial charge in [-0.3, -0.25) is 0 Å². The number of benzene rings is 2. The molecule has 2 aromatic rings. The summed E-state index contributed by atoms with van der Waals surface area (Å²) in [7, 11) is -1.86. The molecule has 1 heterocycles. The molecule has 2 aromatic carbocycles. The summed E-state index contributed by atoms with van der Waals surface area (Å²) < 4.78 is 40.4. The summed E-state index contributed by atoms with van der Waals surface area (Å²) in [4.78, 5) is 15.9. The Morgan fingerprint density at radius 1 is 1.03 bits per heavy atom. The van der Waals surface area contributed by atoms with Crippen LogP contribution in [0.5, 0.6) is 0 Å². The fourth-order valence-electron chi connectivity index (χ4n) is 3.55. The summed E-state index contributed by atoms with van der Waals surface area (Å²) in [6.07, 6.45) is 0.816. The third-order valence-corrected chi connectivity index (χ3v) is 7.20. The maximum absolute atomic E-state index is 13.9. The highest BCUT2D eigenvalue weighted by molar-refractivity contribution is 7.89. The van der Waals surface area contributed by atoms with Gasteiger partial charge in [-0.05, 0) is 37.7 Å². The molecule has 9 heteroatoms. The van der Waals surface area contributed by atoms with Crippen molar-refractivity contribution < 1.29 is 17.6 Å². The van der Waals surface area contributed by atoms with Crippen LogP contribution >= 0.6 is 0 Å². The van der Waals surface area contributed by atoms with Crippen LogP contribution in [0.15, 0.2) is 59.5 Å². The second-order valence-electron chi connectivity index (χ2n) is 7.63. The first-order valence-electron chi connectivity index (χ1n) is 10.4. The van der Waals surface area contributed by atoms with Gasteiger partial charge in [0, 0.05) is 39.3 Å². The molecule has 0 radical (unpaired) electrons. The molecule has 1 aliphatic rings. The fraction of sp³-hybridized carbons (Fsp3) is 0.409. The fourth-order valence-corrected chi connectivity index (χ4v) is 5.04. The molecule has 2 amide bonds. The van der Waals surface area contributed by atoms with E-state index in [1.54, 1.807) is 4.90 Å². The second kappa shape index (κ2) is 10.7. The van der Waals surface area contributed by atoms with Crippen molar-refractivity contribution in [3.05, 3.63) is 66.0 Å². The molecular weight excluding hydrogens is 419 g/mol. The summed E-state index contributed by atoms with van der Waals surface area (Å²) in [5, 5.41) is 2.90. The Balaban J connectivity index is 1.39. The van der Waals surface area contributed by atoms with E-state index in [1.807, 2.05) is 25.2 Å². The van der Waals surface area contributed by atoms with Crippen molar-refractivity contribution in [2.45, 2.75) is 17.9 Å². The van der Waals surface area contributed by atoms with Crippen LogP contribution in [0.4, 0.5) is 9.18 Å². The molecular formula is C22H29FN4O3S. The molecule has 3 rings (SSSR count). The van der Waals surface area contributed by atoms with Gasteiger partial charge >= 0.3 is 6.03 Å². The molecule has 0 unspecified atom stereocenters. The van der Waals surface area contributed by atoms with Gasteiger partial charge in [-0.1, -0.05) is 42.5 Å². The molecule has 0 bridgehead atoms. The highest BCUT2D eigenvalue weighted by Gasteiger charge is 2.31. The largest absolute Gasteiger partial charge is 0.338 e. The molecule has 1 aliphatic heterocycles. The molecule has 0 aromatic heterocycles. The Labute approximate surface area is 183 Å². The Bertz CT molecular complexity index is 964. The number of hydrogen-bond acceptors (Lipinski definition) is 4. The maximum Gasteiger partial charge on any atom is 0.317 e. The normalized spacial score (nSPS) is 15.3. The van der Waals surface area contributed by atoms with Crippen LogP contribution in [0, 0.1) is 5.82 Å². The topological polar surface area (TPSA) is 73.0 Å². The maximum atomic E-state index is 13.9. The lowest BCUT2D eigenvalue weighted by Gasteiger charge is -2.34. The van der Waals surface area contributed by atoms with Gasteiger partial charge in [0.15, 0.2) is 0 Å². The van der Waals surface area contributed by atoms with Crippen molar-refractivity contribution in [3.63, 3.8) is 0 Å². The number of rotatable bonds is 8. The van der Waals surface area contributed by atoms with Gasteiger partial charge in [0.05, 0.1) is 0 Å². The van der Waals surface area contributed by atoms with Crippen LogP contribution < -0.4 is 5.32 Å². The standard InChI is InChI=1S/C22H29FN4O3S/c1-25(18-19-8-3-2-4-9-19)13-7-12-24-22(28)26-14-16-27(17-15-26)31(29,30)21-11-6-5-10-20(21)23/h2-6,8-11H,7,12-18H2,1H3,(H,24,28). The number of nitrogens with one attached hydrogen (secondary N) is 1. The monoisotopic (exact) mass is 448 g/mol. The van der Waals surface area contributed by atoms with Gasteiger partial charge in [-0.2, -0.15) is 4.31 Å². The SMILES string of the molecule is CN(CCCNC(=O)N1CCN(S(=O)(=O)c2ccccc2F)CC1)Cc1ccccc1. The second-order valence-corrected chi connectivity index (χ2v) is 9.54. The van der Waals surface area contributed by atoms with Gasteiger partial charge in [0.25, 0.3) is 0 Å². The summed E-state index contributed by atoms with van der Waals surface area (Å²) in [6, 6.07) is 15.4. The molecule has 1 fully saturated rings. The van der Waals surface area contributed by atoms with Crippen LogP contribution in [-0.2, 0) is 16.6 Å². The van der Waals surface area contributed by atoms with Gasteiger partial charge in [0.1, 0.15) is 10.7 Å². The number of sulfonamides is 1. The highest BCUT2D eigenvalue weighted by Crippen LogP contribution is 2.20. The lowest BCUT2D eigenvalue weighted by atomic mass is 10.2. The minimum Gasteiger partial charge on any atom is -0.338 e. The minimum atomic E-state index is -3.90. The van der Waals surface area contributed by atoms with Crippen LogP contribution in [-0.4, -0.2) is 74.9 Å². The average molecular weight is 449 g/mol. The van der Waals surface area contributed by atoms with Gasteiger partial charge < -0.3 is 15.1 Å². The zero-order valence-corrected chi connectivity index (χ0v) is 18.5. The van der Waals surface area contributed by atoms with Crippen molar-refractivity contribution in [2.75, 3.05) is 46.3 Å². The first-order chi connectivity index (χ1) is 14.9. The first kappa shape index (κ1) is 23.2. The van der Waals surface area contributed by atoms with Crippen molar-refractivity contribution >= 4 is 16.1 Å². The molecule has 1 N–H and O–H groups in total. The van der Waals surface area contributed by atoms with Crippen molar-refractivity contribution in [1.82, 2.24) is 19.4 Å². The van der Waals surface area contributed by atoms with E-state index in [-0.39, 0.29) is 37.1 Å². The van der Waals surface area contributed by atoms with E-state index in [0.29, 0.717) is 6.54 Å². The number of hydrogen-bond donors (Lipinski definition) is 1. The van der Waals surface area contributed by atoms with Crippen LogP contribution in [0.1, 0.15) is 12.0 Å². The van der Waals surface area contributed by atoms with Gasteiger partial charge in [0.2, 0.25) is 10.0 Å². The number of carbonyl (C=O) groups excluding carboxylic acids is 1. The number of halogens is 1. The summed E-state index contributed by atoms with van der Waals surface area (Å²) >= 11 is 0. The van der Waals surface area contributed by atoms with E-state index in [1.165, 1.54) is 28.1 Å². The third-order valence-electron chi connectivity index (χ3n) is 5.27. The molecule has 31 heavy (non-hydrogen) atoms. The summed E-state index contributed by atoms with van der Waals surface area (Å²) in [6.45, 7) is 3.08. The number of nitrogens with zero attached hydrogens (tertiary/aromatic N) is 3. The molecule has 1 saturated heterocycles. The van der Waals surface area contributed by atoms with Crippen LogP contribution in [0.3, 0.4) is 0 Å². The molecule has 0 spiro atoms. The third kappa shape index (κ3) is 6.25. The Morgan fingerprint density at radius 3 is 2.35 bits per heavy atom. The predicted octanol–water partition coefficient (Wildman–Crippen LogP) is 2.36. The van der Waals surface area contributed by atoms with E-state index < -0.39 is 15.8 Å². The van der Waals surface area contributed by atoms with Crippen molar-refractivity contribution in [1.29, 1.82) is 0 Å². The van der Waals surface area contributed by atoms with E-state index in [0.717, 1.165) is 25.6 Å². The molecule has 0 aliphatic carbocycles. The van der Waals surface area contributed by atoms with Gasteiger partial charge in [-0.25, -0.2) is 17.6 Å². The predicted molar refractivity (Wildman–Crippen MR) is 118 cm³/mol. The smallest absolute Gasteiger partial charge is 0.317 e. The van der Waals surface area contributed by atoms with Crippen molar-refractivity contribution in [2.24, 2.45) is 0 Å². The van der Waals surface area contributed by atoms with Crippen LogP contribution in [0.2, 0.25) is 0 Å². The summed E-state index contributed by atoms with van der Waals surface area (Å²) in [5.41, 5.74) is 1.25. The quantitative estimate of drug-likeness (QED) is 0.630. The number of piperazine rings is 1. The van der Waals surface area contributed by atoms with E-state index in [2.05, 4.69) is 22.3 Å². The number of carbonyl (C=O) groups is 1. The molecule has 0 atom stereocenters. The van der Waals surface area contributed by atoms with E-state index >= 15 is 0 Å². The van der Waals surface area contributed by atoms with E-state index in [9.17, 15) is 17.6 Å². The lowest BCUT2D eigenvalue weighted by Crippen LogP contribution is -2.53. The average Bonchev–Trinajstić information content (AvgIpc) is 2.77. The molecule has 0 saturated carbocycles. The number of urea groups is 1. The van der Waals surface area contributed by atoms with E-state index in [4.69, 9.17) is 0 Å². The summed E-state index contributed by atoms with van der Waals surface area (Å²) in [5.74, 6) is -0.764. The van der Waals surface area contributed by atoms with Gasteiger partial charge in [-0.15, -0.1) is 0 Å². The Hall–Kier alpha value is -2.49. The minimum absolute atomic E-state index is 0.143. The Kier molecular flexibility index (Phi) is 8.00. The number of amides is 2. The highest BCUT2D eigenvalue weighted by atomic mass is 32.2. The molecule has 168 valence electrons. The zero-order valence-electron chi connectivity index (χ0n) is 17.7. The Morgan fingerprint density at radius 2 is 1.68 bits per heavy atom. The molecule has 7 nitrogen and oxygen atoms in total. The van der Waals surface area contributed by atoms with Crippen molar-refractivity contribution in [3.8, 4) is 0 Å². The van der Waals surface area contributed by atoms with Crippen LogP contribution in [0.25, 0.3) is 0 Å². The zero-order chi connectivity index (χ0) is 22.3. The lowest BCUT2D eigenvalue weighted by molar-refractivity contribution is 0.171. The first-order valence-corrected chi connectivity index (χ1v) is 11.8.